The molecule has 0 atom stereocenters. The molecule has 3 heteroatoms. The van der Waals surface area contributed by atoms with Crippen LogP contribution in [-0.4, -0.2) is 17.6 Å². The molecule has 0 aromatic carbocycles. The first kappa shape index (κ1) is 11.2. The molecular formula is C13H20N2O. The first-order valence-corrected chi connectivity index (χ1v) is 6.24. The van der Waals surface area contributed by atoms with Crippen LogP contribution in [0.5, 0.6) is 5.88 Å². The van der Waals surface area contributed by atoms with Gasteiger partial charge in [-0.05, 0) is 31.9 Å². The van der Waals surface area contributed by atoms with Crippen molar-refractivity contribution < 1.29 is 4.74 Å². The van der Waals surface area contributed by atoms with Gasteiger partial charge in [-0.2, -0.15) is 0 Å². The Morgan fingerprint density at radius 2 is 2.19 bits per heavy atom. The average Bonchev–Trinajstić information content (AvgIpc) is 2.33. The van der Waals surface area contributed by atoms with Crippen LogP contribution in [0.15, 0.2) is 18.3 Å². The molecule has 1 saturated carbocycles. The van der Waals surface area contributed by atoms with Gasteiger partial charge in [-0.1, -0.05) is 19.3 Å². The van der Waals surface area contributed by atoms with E-state index in [9.17, 15) is 0 Å². The van der Waals surface area contributed by atoms with E-state index >= 15 is 0 Å². The molecular weight excluding hydrogens is 200 g/mol. The first-order chi connectivity index (χ1) is 7.90. The van der Waals surface area contributed by atoms with Crippen molar-refractivity contribution >= 4 is 5.69 Å². The summed E-state index contributed by atoms with van der Waals surface area (Å²) in [6, 6.07) is 4.59. The van der Waals surface area contributed by atoms with E-state index in [1.54, 1.807) is 6.20 Å². The van der Waals surface area contributed by atoms with Gasteiger partial charge in [0, 0.05) is 12.2 Å². The number of rotatable bonds is 4. The van der Waals surface area contributed by atoms with E-state index < -0.39 is 0 Å². The third kappa shape index (κ3) is 2.87. The highest BCUT2D eigenvalue weighted by molar-refractivity contribution is 5.52. The van der Waals surface area contributed by atoms with Crippen LogP contribution in [0.3, 0.4) is 0 Å². The summed E-state index contributed by atoms with van der Waals surface area (Å²) in [5.74, 6) is 0.732. The maximum absolute atomic E-state index is 5.50. The minimum atomic E-state index is 0.595. The summed E-state index contributed by atoms with van der Waals surface area (Å²) >= 11 is 0. The van der Waals surface area contributed by atoms with Gasteiger partial charge in [0.05, 0.1) is 12.3 Å². The molecule has 0 saturated heterocycles. The summed E-state index contributed by atoms with van der Waals surface area (Å²) < 4.78 is 5.50. The zero-order valence-electron chi connectivity index (χ0n) is 9.91. The van der Waals surface area contributed by atoms with Crippen LogP contribution in [0, 0.1) is 0 Å². The van der Waals surface area contributed by atoms with Crippen LogP contribution in [0.25, 0.3) is 0 Å². The van der Waals surface area contributed by atoms with Crippen molar-refractivity contribution in [1.82, 2.24) is 4.98 Å². The number of nitrogens with zero attached hydrogens (tertiary/aromatic N) is 1. The van der Waals surface area contributed by atoms with Crippen LogP contribution in [0.2, 0.25) is 0 Å². The molecule has 0 radical (unpaired) electrons. The van der Waals surface area contributed by atoms with E-state index in [1.807, 2.05) is 19.1 Å². The van der Waals surface area contributed by atoms with Crippen molar-refractivity contribution in [3.8, 4) is 5.88 Å². The second-order valence-electron chi connectivity index (χ2n) is 4.27. The van der Waals surface area contributed by atoms with Crippen molar-refractivity contribution in [2.24, 2.45) is 0 Å². The molecule has 1 aliphatic carbocycles. The van der Waals surface area contributed by atoms with Gasteiger partial charge in [-0.3, -0.25) is 0 Å². The van der Waals surface area contributed by atoms with Crippen LogP contribution in [0.1, 0.15) is 39.0 Å². The summed E-state index contributed by atoms with van der Waals surface area (Å²) in [4.78, 5) is 4.25. The predicted molar refractivity (Wildman–Crippen MR) is 65.9 cm³/mol. The van der Waals surface area contributed by atoms with E-state index in [4.69, 9.17) is 4.74 Å². The van der Waals surface area contributed by atoms with Crippen molar-refractivity contribution in [3.05, 3.63) is 18.3 Å². The molecule has 88 valence electrons. The Morgan fingerprint density at radius 1 is 1.38 bits per heavy atom. The van der Waals surface area contributed by atoms with Gasteiger partial charge in [0.1, 0.15) is 0 Å². The Balaban J connectivity index is 2.01. The number of ether oxygens (including phenoxy) is 1. The minimum absolute atomic E-state index is 0.595. The van der Waals surface area contributed by atoms with E-state index in [0.29, 0.717) is 12.6 Å². The fourth-order valence-electron chi connectivity index (χ4n) is 2.22. The van der Waals surface area contributed by atoms with Gasteiger partial charge < -0.3 is 10.1 Å². The lowest BCUT2D eigenvalue weighted by Crippen LogP contribution is -2.22. The zero-order valence-corrected chi connectivity index (χ0v) is 9.91. The molecule has 0 bridgehead atoms. The van der Waals surface area contributed by atoms with Crippen molar-refractivity contribution in [2.75, 3.05) is 11.9 Å². The van der Waals surface area contributed by atoms with Crippen molar-refractivity contribution in [3.63, 3.8) is 0 Å². The number of aromatic nitrogens is 1. The molecule has 1 N–H and O–H groups in total. The summed E-state index contributed by atoms with van der Waals surface area (Å²) in [7, 11) is 0. The monoisotopic (exact) mass is 220 g/mol. The van der Waals surface area contributed by atoms with Crippen LogP contribution in [0.4, 0.5) is 5.69 Å². The molecule has 0 spiro atoms. The molecule has 0 aliphatic heterocycles. The van der Waals surface area contributed by atoms with Gasteiger partial charge in [-0.25, -0.2) is 4.98 Å². The maximum Gasteiger partial charge on any atom is 0.237 e. The van der Waals surface area contributed by atoms with Crippen molar-refractivity contribution in [1.29, 1.82) is 0 Å². The minimum Gasteiger partial charge on any atom is -0.476 e. The lowest BCUT2D eigenvalue weighted by Gasteiger charge is -2.24. The highest BCUT2D eigenvalue weighted by Gasteiger charge is 2.14. The third-order valence-corrected chi connectivity index (χ3v) is 3.02. The van der Waals surface area contributed by atoms with Crippen LogP contribution >= 0.6 is 0 Å². The highest BCUT2D eigenvalue weighted by Crippen LogP contribution is 2.26. The smallest absolute Gasteiger partial charge is 0.237 e. The molecule has 1 aromatic heterocycles. The maximum atomic E-state index is 5.50. The van der Waals surface area contributed by atoms with E-state index in [2.05, 4.69) is 10.3 Å². The Labute approximate surface area is 97.2 Å². The number of pyridine rings is 1. The molecule has 1 heterocycles. The van der Waals surface area contributed by atoms with Crippen LogP contribution in [-0.2, 0) is 0 Å². The van der Waals surface area contributed by atoms with E-state index in [-0.39, 0.29) is 0 Å². The lowest BCUT2D eigenvalue weighted by atomic mass is 9.95. The first-order valence-electron chi connectivity index (χ1n) is 6.24. The fourth-order valence-corrected chi connectivity index (χ4v) is 2.22. The number of hydrogen-bond donors (Lipinski definition) is 1. The molecule has 2 rings (SSSR count). The molecule has 16 heavy (non-hydrogen) atoms. The van der Waals surface area contributed by atoms with Crippen LogP contribution < -0.4 is 10.1 Å². The molecule has 1 aromatic rings. The van der Waals surface area contributed by atoms with E-state index in [0.717, 1.165) is 11.6 Å². The zero-order chi connectivity index (χ0) is 11.2. The normalized spacial score (nSPS) is 17.1. The topological polar surface area (TPSA) is 34.1 Å². The number of hydrogen-bond acceptors (Lipinski definition) is 3. The molecule has 1 aliphatic rings. The van der Waals surface area contributed by atoms with Gasteiger partial charge >= 0.3 is 0 Å². The average molecular weight is 220 g/mol. The second kappa shape index (κ2) is 5.73. The largest absolute Gasteiger partial charge is 0.476 e. The number of nitrogens with one attached hydrogen (secondary N) is 1. The SMILES string of the molecule is CCOc1ncccc1NC1CCCCC1. The van der Waals surface area contributed by atoms with Crippen molar-refractivity contribution in [2.45, 2.75) is 45.1 Å². The Morgan fingerprint density at radius 3 is 2.94 bits per heavy atom. The van der Waals surface area contributed by atoms with Gasteiger partial charge in [0.25, 0.3) is 0 Å². The summed E-state index contributed by atoms with van der Waals surface area (Å²) in [6.07, 6.45) is 8.35. The molecule has 0 amide bonds. The fraction of sp³-hybridized carbons (Fsp3) is 0.615. The highest BCUT2D eigenvalue weighted by atomic mass is 16.5. The van der Waals surface area contributed by atoms with Gasteiger partial charge in [-0.15, -0.1) is 0 Å². The summed E-state index contributed by atoms with van der Waals surface area (Å²) in [5, 5.41) is 3.55. The standard InChI is InChI=1S/C13H20N2O/c1-2-16-13-12(9-6-10-14-13)15-11-7-4-3-5-8-11/h6,9-11,15H,2-5,7-8H2,1H3. The van der Waals surface area contributed by atoms with Gasteiger partial charge in [0.2, 0.25) is 5.88 Å². The quantitative estimate of drug-likeness (QED) is 0.846. The van der Waals surface area contributed by atoms with E-state index in [1.165, 1.54) is 32.1 Å². The Hall–Kier alpha value is -1.25. The number of anilines is 1. The second-order valence-corrected chi connectivity index (χ2v) is 4.27. The molecule has 3 nitrogen and oxygen atoms in total. The Kier molecular flexibility index (Phi) is 4.03. The third-order valence-electron chi connectivity index (χ3n) is 3.02. The molecule has 0 unspecified atom stereocenters. The van der Waals surface area contributed by atoms with Gasteiger partial charge in [0.15, 0.2) is 0 Å². The summed E-state index contributed by atoms with van der Waals surface area (Å²) in [5.41, 5.74) is 1.04. The Bertz CT molecular complexity index is 321. The summed E-state index contributed by atoms with van der Waals surface area (Å²) in [6.45, 7) is 2.65. The predicted octanol–water partition coefficient (Wildman–Crippen LogP) is 3.22. The lowest BCUT2D eigenvalue weighted by molar-refractivity contribution is 0.327. The molecule has 1 fully saturated rings.